The summed E-state index contributed by atoms with van der Waals surface area (Å²) in [6.07, 6.45) is 113. The monoisotopic (exact) mass is 1210 g/mol. The van der Waals surface area contributed by atoms with Gasteiger partial charge in [-0.1, -0.05) is 386 Å². The van der Waals surface area contributed by atoms with Crippen LogP contribution in [0.4, 0.5) is 0 Å². The summed E-state index contributed by atoms with van der Waals surface area (Å²) in [5, 5.41) is 9.70. The van der Waals surface area contributed by atoms with E-state index >= 15 is 0 Å². The largest absolute Gasteiger partial charge is 0.462 e. The number of carbonyl (C=O) groups excluding carboxylic acids is 2. The van der Waals surface area contributed by atoms with Crippen molar-refractivity contribution < 1.29 is 24.2 Å². The Balaban J connectivity index is 3.50. The lowest BCUT2D eigenvalue weighted by molar-refractivity contribution is -0.161. The molecule has 5 nitrogen and oxygen atoms in total. The maximum atomic E-state index is 12.4. The molecular formula is C82H142O5. The van der Waals surface area contributed by atoms with Gasteiger partial charge in [0.2, 0.25) is 0 Å². The van der Waals surface area contributed by atoms with E-state index in [9.17, 15) is 14.7 Å². The van der Waals surface area contributed by atoms with Crippen LogP contribution in [0.2, 0.25) is 0 Å². The van der Waals surface area contributed by atoms with E-state index in [0.717, 1.165) is 103 Å². The summed E-state index contributed by atoms with van der Waals surface area (Å²) in [7, 11) is 0. The third-order valence-electron chi connectivity index (χ3n) is 16.5. The number of unbranched alkanes of at least 4 members (excludes halogenated alkanes) is 41. The highest BCUT2D eigenvalue weighted by Gasteiger charge is 2.16. The lowest BCUT2D eigenvalue weighted by Crippen LogP contribution is -2.28. The Bertz CT molecular complexity index is 1700. The number of carbonyl (C=O) groups is 2. The van der Waals surface area contributed by atoms with E-state index in [4.69, 9.17) is 9.47 Å². The fourth-order valence-electron chi connectivity index (χ4n) is 10.9. The average Bonchev–Trinajstić information content (AvgIpc) is 3.53. The van der Waals surface area contributed by atoms with Gasteiger partial charge in [0.15, 0.2) is 6.10 Å². The summed E-state index contributed by atoms with van der Waals surface area (Å²) in [6.45, 7) is 4.03. The van der Waals surface area contributed by atoms with Crippen LogP contribution in [0, 0.1) is 0 Å². The third-order valence-corrected chi connectivity index (χ3v) is 16.5. The van der Waals surface area contributed by atoms with E-state index in [0.29, 0.717) is 12.8 Å². The Morgan fingerprint density at radius 2 is 0.494 bits per heavy atom. The summed E-state index contributed by atoms with van der Waals surface area (Å²) < 4.78 is 10.7. The number of ether oxygens (including phenoxy) is 2. The minimum atomic E-state index is -0.805. The standard InChI is InChI=1S/C82H142O5/c1-3-5-7-9-11-13-15-17-19-21-23-25-27-29-31-33-35-37-38-39-40-41-42-43-45-46-48-50-52-54-56-58-60-62-64-66-68-70-72-74-76-81(84)86-79-80(78-83)87-82(85)77-75-73-71-69-67-65-63-61-59-57-55-53-51-49-47-44-36-34-32-30-28-26-24-22-20-18-16-14-12-10-8-6-4-2/h6,8,12,14,18,20,24,26,30,32,36,44,49,51,55,57,61,63,67,69,80,83H,3-5,7,9-11,13,15-17,19,21-23,25,27-29,31,33-35,37-43,45-48,50,52-54,56,58-60,62,64-66,68,70-79H2,1-2H3/b8-6-,14-12-,20-18-,26-24-,32-30-,44-36-,51-49-,57-55-,63-61-,69-67-. The molecule has 1 unspecified atom stereocenters. The topological polar surface area (TPSA) is 72.8 Å². The minimum Gasteiger partial charge on any atom is -0.462 e. The van der Waals surface area contributed by atoms with E-state index < -0.39 is 6.10 Å². The first kappa shape index (κ1) is 83.3. The Labute approximate surface area is 541 Å². The molecule has 0 aliphatic rings. The van der Waals surface area contributed by atoms with Gasteiger partial charge in [0.25, 0.3) is 0 Å². The van der Waals surface area contributed by atoms with Crippen LogP contribution in [0.1, 0.15) is 367 Å². The number of rotatable bonds is 69. The van der Waals surface area contributed by atoms with E-state index in [1.165, 1.54) is 238 Å². The molecule has 500 valence electrons. The van der Waals surface area contributed by atoms with Crippen molar-refractivity contribution in [3.63, 3.8) is 0 Å². The first-order valence-corrected chi connectivity index (χ1v) is 37.6. The van der Waals surface area contributed by atoms with Gasteiger partial charge in [0.05, 0.1) is 6.61 Å². The van der Waals surface area contributed by atoms with Gasteiger partial charge in [-0.05, 0) is 89.9 Å². The number of aliphatic hydroxyl groups is 1. The van der Waals surface area contributed by atoms with Crippen molar-refractivity contribution in [2.24, 2.45) is 0 Å². The van der Waals surface area contributed by atoms with Gasteiger partial charge >= 0.3 is 11.9 Å². The average molecular weight is 1210 g/mol. The molecule has 0 aromatic carbocycles. The zero-order valence-corrected chi connectivity index (χ0v) is 57.5. The van der Waals surface area contributed by atoms with Crippen LogP contribution >= 0.6 is 0 Å². The van der Waals surface area contributed by atoms with Crippen LogP contribution in [-0.2, 0) is 19.1 Å². The van der Waals surface area contributed by atoms with Gasteiger partial charge in [-0.3, -0.25) is 9.59 Å². The number of hydrogen-bond acceptors (Lipinski definition) is 5. The molecule has 0 fully saturated rings. The van der Waals surface area contributed by atoms with Crippen molar-refractivity contribution in [2.75, 3.05) is 13.2 Å². The van der Waals surface area contributed by atoms with Gasteiger partial charge in [-0.2, -0.15) is 0 Å². The molecule has 1 atom stereocenters. The van der Waals surface area contributed by atoms with Crippen LogP contribution in [0.5, 0.6) is 0 Å². The molecule has 0 aromatic heterocycles. The number of hydrogen-bond donors (Lipinski definition) is 1. The van der Waals surface area contributed by atoms with Gasteiger partial charge in [0, 0.05) is 12.8 Å². The van der Waals surface area contributed by atoms with Crippen LogP contribution in [0.25, 0.3) is 0 Å². The smallest absolute Gasteiger partial charge is 0.306 e. The van der Waals surface area contributed by atoms with Gasteiger partial charge < -0.3 is 14.6 Å². The second-order valence-corrected chi connectivity index (χ2v) is 25.0. The third kappa shape index (κ3) is 74.7. The lowest BCUT2D eigenvalue weighted by Gasteiger charge is -2.15. The van der Waals surface area contributed by atoms with Crippen LogP contribution in [0.3, 0.4) is 0 Å². The zero-order valence-electron chi connectivity index (χ0n) is 57.5. The number of allylic oxidation sites excluding steroid dienone is 20. The molecule has 0 bridgehead atoms. The van der Waals surface area contributed by atoms with Gasteiger partial charge in [0.1, 0.15) is 6.61 Å². The summed E-state index contributed by atoms with van der Waals surface area (Å²) in [6, 6.07) is 0. The molecule has 0 radical (unpaired) electrons. The van der Waals surface area contributed by atoms with Crippen molar-refractivity contribution >= 4 is 11.9 Å². The van der Waals surface area contributed by atoms with E-state index in [2.05, 4.69) is 135 Å². The SMILES string of the molecule is CC/C=C\C/C=C\C/C=C\C/C=C\C/C=C\C/C=C\C/C=C\C/C=C\C/C=C\C/C=C\CCCCC(=O)OC(CO)COC(=O)CCCCCCCCCCCCCCCCCCCCCCCCCCCCCCCCCCCCCCCCCC. The molecule has 0 aromatic rings. The molecule has 0 saturated heterocycles. The second-order valence-electron chi connectivity index (χ2n) is 25.0. The van der Waals surface area contributed by atoms with Gasteiger partial charge in [-0.25, -0.2) is 0 Å². The highest BCUT2D eigenvalue weighted by atomic mass is 16.6. The molecule has 1 N–H and O–H groups in total. The summed E-state index contributed by atoms with van der Waals surface area (Å²) in [5.41, 5.74) is 0. The molecule has 0 amide bonds. The molecule has 0 aliphatic carbocycles. The zero-order chi connectivity index (χ0) is 62.6. The molecule has 0 spiro atoms. The molecule has 87 heavy (non-hydrogen) atoms. The molecule has 5 heteroatoms. The Kier molecular flexibility index (Phi) is 73.3. The molecular weight excluding hydrogens is 1060 g/mol. The van der Waals surface area contributed by atoms with E-state index in [-0.39, 0.29) is 25.2 Å². The maximum Gasteiger partial charge on any atom is 0.306 e. The number of esters is 2. The normalized spacial score (nSPS) is 12.9. The fraction of sp³-hybridized carbons (Fsp3) is 0.732. The molecule has 0 rings (SSSR count). The van der Waals surface area contributed by atoms with Crippen LogP contribution in [0.15, 0.2) is 122 Å². The number of aliphatic hydroxyl groups excluding tert-OH is 1. The second kappa shape index (κ2) is 76.5. The Morgan fingerprint density at radius 3 is 0.747 bits per heavy atom. The predicted octanol–water partition coefficient (Wildman–Crippen LogP) is 26.5. The first-order chi connectivity index (χ1) is 43.1. The highest BCUT2D eigenvalue weighted by Crippen LogP contribution is 2.19. The maximum absolute atomic E-state index is 12.4. The predicted molar refractivity (Wildman–Crippen MR) is 385 cm³/mol. The quantitative estimate of drug-likeness (QED) is 0.0373. The van der Waals surface area contributed by atoms with Gasteiger partial charge in [-0.15, -0.1) is 0 Å². The molecule has 0 saturated carbocycles. The van der Waals surface area contributed by atoms with Crippen LogP contribution < -0.4 is 0 Å². The lowest BCUT2D eigenvalue weighted by atomic mass is 10.0. The van der Waals surface area contributed by atoms with Crippen molar-refractivity contribution in [1.29, 1.82) is 0 Å². The highest BCUT2D eigenvalue weighted by molar-refractivity contribution is 5.70. The summed E-state index contributed by atoms with van der Waals surface area (Å²) >= 11 is 0. The van der Waals surface area contributed by atoms with Crippen molar-refractivity contribution in [2.45, 2.75) is 373 Å². The Hall–Kier alpha value is -3.70. The van der Waals surface area contributed by atoms with Crippen LogP contribution in [-0.4, -0.2) is 36.4 Å². The summed E-state index contributed by atoms with van der Waals surface area (Å²) in [5.74, 6) is -0.636. The Morgan fingerprint density at radius 1 is 0.276 bits per heavy atom. The van der Waals surface area contributed by atoms with Crippen molar-refractivity contribution in [3.8, 4) is 0 Å². The van der Waals surface area contributed by atoms with E-state index in [1.807, 2.05) is 0 Å². The molecule has 0 aliphatic heterocycles. The summed E-state index contributed by atoms with van der Waals surface area (Å²) in [4.78, 5) is 24.7. The first-order valence-electron chi connectivity index (χ1n) is 37.6. The fourth-order valence-corrected chi connectivity index (χ4v) is 10.9. The molecule has 0 heterocycles. The minimum absolute atomic E-state index is 0.0877. The van der Waals surface area contributed by atoms with Crippen molar-refractivity contribution in [1.82, 2.24) is 0 Å². The van der Waals surface area contributed by atoms with E-state index in [1.54, 1.807) is 0 Å². The van der Waals surface area contributed by atoms with Crippen molar-refractivity contribution in [3.05, 3.63) is 122 Å².